The van der Waals surface area contributed by atoms with E-state index in [1.807, 2.05) is 30.3 Å². The molecule has 0 N–H and O–H groups in total. The Balaban J connectivity index is 0.000000437. The Morgan fingerprint density at radius 3 is 1.69 bits per heavy atom. The van der Waals surface area contributed by atoms with Crippen molar-refractivity contribution >= 4 is 23.8 Å². The number of benzene rings is 2. The largest absolute Gasteiger partial charge is 2.00 e. The molecule has 1 unspecified atom stereocenters. The van der Waals surface area contributed by atoms with Crippen molar-refractivity contribution in [1.82, 2.24) is 4.90 Å². The summed E-state index contributed by atoms with van der Waals surface area (Å²) in [4.78, 5) is 2.28. The van der Waals surface area contributed by atoms with Gasteiger partial charge in [0.2, 0.25) is 0 Å². The van der Waals surface area contributed by atoms with Gasteiger partial charge in [-0.2, -0.15) is 24.3 Å². The Bertz CT molecular complexity index is 857. The van der Waals surface area contributed by atoms with Crippen molar-refractivity contribution in [3.8, 4) is 0 Å². The molecule has 150 valence electrons. The summed E-state index contributed by atoms with van der Waals surface area (Å²) in [6, 6.07) is 39.0. The van der Waals surface area contributed by atoms with Gasteiger partial charge in [0.05, 0.1) is 0 Å². The van der Waals surface area contributed by atoms with E-state index >= 15 is 0 Å². The number of hydrogen-bond donors (Lipinski definition) is 0. The van der Waals surface area contributed by atoms with Crippen LogP contribution in [0, 0.1) is 0 Å². The molecule has 0 amide bonds. The van der Waals surface area contributed by atoms with Crippen LogP contribution in [0.1, 0.15) is 18.5 Å². The van der Waals surface area contributed by atoms with Gasteiger partial charge in [-0.25, -0.2) is 24.3 Å². The Labute approximate surface area is 187 Å². The molecule has 4 aromatic rings. The zero-order valence-electron chi connectivity index (χ0n) is 17.2. The minimum absolute atomic E-state index is 0. The second-order valence-electron chi connectivity index (χ2n) is 6.97. The van der Waals surface area contributed by atoms with Gasteiger partial charge >= 0.3 is 17.1 Å². The van der Waals surface area contributed by atoms with Crippen LogP contribution in [-0.4, -0.2) is 19.0 Å². The molecule has 1 atom stereocenters. The maximum absolute atomic E-state index is 2.31. The van der Waals surface area contributed by atoms with Gasteiger partial charge in [0, 0.05) is 0 Å². The molecule has 0 aromatic heterocycles. The van der Waals surface area contributed by atoms with E-state index in [4.69, 9.17) is 0 Å². The van der Waals surface area contributed by atoms with E-state index in [9.17, 15) is 0 Å². The molecule has 29 heavy (non-hydrogen) atoms. The molecule has 0 saturated heterocycles. The second kappa shape index (κ2) is 11.9. The summed E-state index contributed by atoms with van der Waals surface area (Å²) in [6.07, 6.45) is 0. The maximum atomic E-state index is 2.31. The van der Waals surface area contributed by atoms with Crippen LogP contribution in [0.15, 0.2) is 109 Å². The molecule has 4 aromatic carbocycles. The van der Waals surface area contributed by atoms with Crippen molar-refractivity contribution in [1.29, 1.82) is 0 Å². The third-order valence-corrected chi connectivity index (χ3v) is 7.39. The van der Waals surface area contributed by atoms with Crippen molar-refractivity contribution in [3.63, 3.8) is 0 Å². The SMILES string of the molecule is CC([c-]1cccc1P(c1ccccc1)c1ccccc1)N(C)C.[Fe+2].c1cc[cH-]c1. The molecule has 4 rings (SSSR count). The molecule has 0 fully saturated rings. The molecule has 0 aliphatic rings. The van der Waals surface area contributed by atoms with E-state index in [1.165, 1.54) is 21.5 Å². The summed E-state index contributed by atoms with van der Waals surface area (Å²) in [5.74, 6) is 0. The van der Waals surface area contributed by atoms with E-state index in [-0.39, 0.29) is 17.1 Å². The normalized spacial score (nSPS) is 11.5. The van der Waals surface area contributed by atoms with Gasteiger partial charge < -0.3 is 4.90 Å². The quantitative estimate of drug-likeness (QED) is 0.234. The fourth-order valence-corrected chi connectivity index (χ4v) is 5.71. The van der Waals surface area contributed by atoms with E-state index in [0.717, 1.165) is 0 Å². The molecule has 0 saturated carbocycles. The molecule has 0 heterocycles. The third-order valence-electron chi connectivity index (χ3n) is 4.88. The summed E-state index contributed by atoms with van der Waals surface area (Å²) in [5, 5.41) is 4.29. The Kier molecular flexibility index (Phi) is 9.58. The minimum atomic E-state index is -0.514. The van der Waals surface area contributed by atoms with Crippen LogP contribution in [0.5, 0.6) is 0 Å². The number of hydrogen-bond acceptors (Lipinski definition) is 1. The van der Waals surface area contributed by atoms with Gasteiger partial charge in [-0.05, 0) is 38.7 Å². The first kappa shape index (κ1) is 23.3. The first-order valence-electron chi connectivity index (χ1n) is 9.67. The van der Waals surface area contributed by atoms with Gasteiger partial charge in [-0.15, -0.1) is 10.9 Å². The molecule has 0 spiro atoms. The predicted octanol–water partition coefficient (Wildman–Crippen LogP) is 5.19. The molecule has 0 aliphatic heterocycles. The van der Waals surface area contributed by atoms with E-state index in [1.54, 1.807) is 0 Å². The minimum Gasteiger partial charge on any atom is -0.314 e. The molecule has 3 heteroatoms. The van der Waals surface area contributed by atoms with Gasteiger partial charge in [0.25, 0.3) is 0 Å². The average molecular weight is 441 g/mol. The second-order valence-corrected chi connectivity index (χ2v) is 9.16. The number of nitrogens with zero attached hydrogens (tertiary/aromatic N) is 1. The van der Waals surface area contributed by atoms with Crippen LogP contribution in [0.25, 0.3) is 0 Å². The predicted molar refractivity (Wildman–Crippen MR) is 125 cm³/mol. The summed E-state index contributed by atoms with van der Waals surface area (Å²) in [5.41, 5.74) is 1.44. The van der Waals surface area contributed by atoms with Crippen molar-refractivity contribution in [3.05, 3.63) is 115 Å². The smallest absolute Gasteiger partial charge is 0.314 e. The summed E-state index contributed by atoms with van der Waals surface area (Å²) in [7, 11) is 3.78. The van der Waals surface area contributed by atoms with Gasteiger partial charge in [0.15, 0.2) is 0 Å². The summed E-state index contributed by atoms with van der Waals surface area (Å²) in [6.45, 7) is 2.28. The summed E-state index contributed by atoms with van der Waals surface area (Å²) < 4.78 is 0. The molecule has 1 nitrogen and oxygen atoms in total. The van der Waals surface area contributed by atoms with Crippen molar-refractivity contribution < 1.29 is 17.1 Å². The van der Waals surface area contributed by atoms with Gasteiger partial charge in [-0.3, -0.25) is 0 Å². The van der Waals surface area contributed by atoms with Crippen LogP contribution in [0.2, 0.25) is 0 Å². The molecular formula is C26H28FeNP. The molecule has 0 radical (unpaired) electrons. The Hall–Kier alpha value is -1.95. The monoisotopic (exact) mass is 441 g/mol. The van der Waals surface area contributed by atoms with Gasteiger partial charge in [0.1, 0.15) is 0 Å². The van der Waals surface area contributed by atoms with E-state index in [0.29, 0.717) is 6.04 Å². The fraction of sp³-hybridized carbons (Fsp3) is 0.154. The average Bonchev–Trinajstić information content (AvgIpc) is 3.45. The Morgan fingerprint density at radius 1 is 0.759 bits per heavy atom. The Morgan fingerprint density at radius 2 is 1.28 bits per heavy atom. The first-order chi connectivity index (χ1) is 13.7. The molecule has 0 aliphatic carbocycles. The standard InChI is InChI=1S/C21H23NP.C5H5.Fe/c1-17(22(2)3)20-15-10-16-21(20)23(18-11-6-4-7-12-18)19-13-8-5-9-14-19;1-2-4-5-3-1;/h4-17H,1-3H3;1-5H;/q2*-1;+2. The molecule has 0 bridgehead atoms. The maximum Gasteiger partial charge on any atom is 2.00 e. The van der Waals surface area contributed by atoms with Gasteiger partial charge in [-0.1, -0.05) is 67.6 Å². The zero-order valence-corrected chi connectivity index (χ0v) is 19.2. The van der Waals surface area contributed by atoms with Crippen molar-refractivity contribution in [2.45, 2.75) is 13.0 Å². The van der Waals surface area contributed by atoms with Crippen LogP contribution < -0.4 is 15.9 Å². The topological polar surface area (TPSA) is 3.24 Å². The third kappa shape index (κ3) is 6.26. The van der Waals surface area contributed by atoms with Crippen molar-refractivity contribution in [2.24, 2.45) is 0 Å². The van der Waals surface area contributed by atoms with Crippen LogP contribution in [0.3, 0.4) is 0 Å². The number of rotatable bonds is 5. The van der Waals surface area contributed by atoms with E-state index < -0.39 is 7.92 Å². The fourth-order valence-electron chi connectivity index (χ4n) is 3.16. The van der Waals surface area contributed by atoms with E-state index in [2.05, 4.69) is 105 Å². The van der Waals surface area contributed by atoms with Crippen LogP contribution in [0.4, 0.5) is 0 Å². The van der Waals surface area contributed by atoms with Crippen LogP contribution in [-0.2, 0) is 17.1 Å². The zero-order chi connectivity index (χ0) is 19.8. The molecular weight excluding hydrogens is 413 g/mol. The first-order valence-corrected chi connectivity index (χ1v) is 11.0. The van der Waals surface area contributed by atoms with Crippen LogP contribution >= 0.6 is 7.92 Å². The van der Waals surface area contributed by atoms with Crippen molar-refractivity contribution in [2.75, 3.05) is 14.1 Å². The summed E-state index contributed by atoms with van der Waals surface area (Å²) >= 11 is 0.